The maximum Gasteiger partial charge on any atom is 0.0699 e. The number of hydrogen-bond acceptors (Lipinski definition) is 2. The standard InChI is InChI=1S/C12H19NO/c1-5-10-9(8-14)6-7-11(13-10)12(2,3)4/h6-7,14H,5,8H2,1-4H3. The highest BCUT2D eigenvalue weighted by molar-refractivity contribution is 5.25. The molecule has 14 heavy (non-hydrogen) atoms. The predicted octanol–water partition coefficient (Wildman–Crippen LogP) is 2.43. The minimum Gasteiger partial charge on any atom is -0.392 e. The summed E-state index contributed by atoms with van der Waals surface area (Å²) in [5.41, 5.74) is 3.13. The summed E-state index contributed by atoms with van der Waals surface area (Å²) in [6.45, 7) is 8.59. The maximum absolute atomic E-state index is 9.10. The third-order valence-electron chi connectivity index (χ3n) is 2.34. The van der Waals surface area contributed by atoms with E-state index in [9.17, 15) is 0 Å². The average molecular weight is 193 g/mol. The van der Waals surface area contributed by atoms with Crippen molar-refractivity contribution in [3.63, 3.8) is 0 Å². The Morgan fingerprint density at radius 3 is 2.36 bits per heavy atom. The third kappa shape index (κ3) is 2.32. The van der Waals surface area contributed by atoms with Crippen LogP contribution < -0.4 is 0 Å². The molecule has 0 aliphatic heterocycles. The lowest BCUT2D eigenvalue weighted by Gasteiger charge is -2.19. The monoisotopic (exact) mass is 193 g/mol. The Balaban J connectivity index is 3.14. The summed E-state index contributed by atoms with van der Waals surface area (Å²) in [6.07, 6.45) is 0.875. The number of aliphatic hydroxyl groups excluding tert-OH is 1. The second kappa shape index (κ2) is 4.09. The van der Waals surface area contributed by atoms with E-state index in [0.29, 0.717) is 0 Å². The normalized spacial score (nSPS) is 11.8. The molecule has 2 nitrogen and oxygen atoms in total. The van der Waals surface area contributed by atoms with Crippen LogP contribution in [0.4, 0.5) is 0 Å². The van der Waals surface area contributed by atoms with Crippen molar-refractivity contribution in [3.8, 4) is 0 Å². The van der Waals surface area contributed by atoms with Gasteiger partial charge in [0.25, 0.3) is 0 Å². The van der Waals surface area contributed by atoms with E-state index in [2.05, 4.69) is 32.7 Å². The highest BCUT2D eigenvalue weighted by Crippen LogP contribution is 2.21. The summed E-state index contributed by atoms with van der Waals surface area (Å²) in [6, 6.07) is 3.98. The number of aliphatic hydroxyl groups is 1. The summed E-state index contributed by atoms with van der Waals surface area (Å²) in [5.74, 6) is 0. The molecule has 0 aliphatic rings. The van der Waals surface area contributed by atoms with Crippen molar-refractivity contribution < 1.29 is 5.11 Å². The number of nitrogens with zero attached hydrogens (tertiary/aromatic N) is 1. The molecule has 1 aromatic rings. The topological polar surface area (TPSA) is 33.1 Å². The van der Waals surface area contributed by atoms with Crippen molar-refractivity contribution in [1.29, 1.82) is 0 Å². The highest BCUT2D eigenvalue weighted by atomic mass is 16.3. The fourth-order valence-electron chi connectivity index (χ4n) is 1.40. The average Bonchev–Trinajstić information content (AvgIpc) is 2.15. The van der Waals surface area contributed by atoms with Crippen LogP contribution in [0.2, 0.25) is 0 Å². The van der Waals surface area contributed by atoms with Gasteiger partial charge in [0.15, 0.2) is 0 Å². The summed E-state index contributed by atoms with van der Waals surface area (Å²) in [5, 5.41) is 9.10. The fourth-order valence-corrected chi connectivity index (χ4v) is 1.40. The van der Waals surface area contributed by atoms with Gasteiger partial charge in [-0.2, -0.15) is 0 Å². The van der Waals surface area contributed by atoms with Crippen LogP contribution >= 0.6 is 0 Å². The Hall–Kier alpha value is -0.890. The van der Waals surface area contributed by atoms with Crippen LogP contribution in [0.1, 0.15) is 44.6 Å². The molecule has 0 fully saturated rings. The van der Waals surface area contributed by atoms with Crippen LogP contribution in [-0.2, 0) is 18.4 Å². The van der Waals surface area contributed by atoms with Crippen molar-refractivity contribution in [1.82, 2.24) is 4.98 Å². The van der Waals surface area contributed by atoms with E-state index in [1.807, 2.05) is 12.1 Å². The third-order valence-corrected chi connectivity index (χ3v) is 2.34. The van der Waals surface area contributed by atoms with Gasteiger partial charge in [-0.05, 0) is 18.1 Å². The van der Waals surface area contributed by atoms with Crippen molar-refractivity contribution in [3.05, 3.63) is 29.1 Å². The van der Waals surface area contributed by atoms with Crippen LogP contribution in [0.15, 0.2) is 12.1 Å². The van der Waals surface area contributed by atoms with Gasteiger partial charge in [-0.3, -0.25) is 4.98 Å². The van der Waals surface area contributed by atoms with Gasteiger partial charge >= 0.3 is 0 Å². The Kier molecular flexibility index (Phi) is 3.27. The second-order valence-corrected chi connectivity index (χ2v) is 4.56. The molecular weight excluding hydrogens is 174 g/mol. The van der Waals surface area contributed by atoms with E-state index in [-0.39, 0.29) is 12.0 Å². The van der Waals surface area contributed by atoms with Crippen LogP contribution in [0.25, 0.3) is 0 Å². The molecule has 0 amide bonds. The van der Waals surface area contributed by atoms with Crippen LogP contribution in [0.3, 0.4) is 0 Å². The highest BCUT2D eigenvalue weighted by Gasteiger charge is 2.16. The maximum atomic E-state index is 9.10. The molecule has 0 atom stereocenters. The van der Waals surface area contributed by atoms with Gasteiger partial charge in [-0.25, -0.2) is 0 Å². The molecule has 0 radical (unpaired) electrons. The quantitative estimate of drug-likeness (QED) is 0.782. The van der Waals surface area contributed by atoms with Gasteiger partial charge in [0.05, 0.1) is 6.61 Å². The molecular formula is C12H19NO. The minimum atomic E-state index is 0.0813. The molecule has 1 rings (SSSR count). The summed E-state index contributed by atoms with van der Waals surface area (Å²) in [4.78, 5) is 4.57. The molecule has 0 aromatic carbocycles. The van der Waals surface area contributed by atoms with E-state index in [1.54, 1.807) is 0 Å². The Bertz CT molecular complexity index is 313. The molecule has 2 heteroatoms. The van der Waals surface area contributed by atoms with Crippen molar-refractivity contribution in [2.45, 2.75) is 46.1 Å². The molecule has 0 unspecified atom stereocenters. The number of hydrogen-bond donors (Lipinski definition) is 1. The lowest BCUT2D eigenvalue weighted by atomic mass is 9.91. The smallest absolute Gasteiger partial charge is 0.0699 e. The van der Waals surface area contributed by atoms with Crippen molar-refractivity contribution >= 4 is 0 Å². The number of rotatable bonds is 2. The Morgan fingerprint density at radius 2 is 1.93 bits per heavy atom. The first-order valence-corrected chi connectivity index (χ1v) is 5.09. The van der Waals surface area contributed by atoms with Gasteiger partial charge in [0.2, 0.25) is 0 Å². The van der Waals surface area contributed by atoms with Crippen LogP contribution in [0, 0.1) is 0 Å². The van der Waals surface area contributed by atoms with Crippen LogP contribution in [0.5, 0.6) is 0 Å². The molecule has 1 aromatic heterocycles. The summed E-state index contributed by atoms with van der Waals surface area (Å²) in [7, 11) is 0. The molecule has 0 saturated heterocycles. The zero-order valence-electron chi connectivity index (χ0n) is 9.46. The van der Waals surface area contributed by atoms with Gasteiger partial charge in [0.1, 0.15) is 0 Å². The molecule has 0 bridgehead atoms. The predicted molar refractivity (Wildman–Crippen MR) is 58.2 cm³/mol. The van der Waals surface area contributed by atoms with Gasteiger partial charge in [-0.1, -0.05) is 33.8 Å². The summed E-state index contributed by atoms with van der Waals surface area (Å²) >= 11 is 0. The van der Waals surface area contributed by atoms with E-state index >= 15 is 0 Å². The number of pyridine rings is 1. The molecule has 1 N–H and O–H groups in total. The zero-order chi connectivity index (χ0) is 10.8. The molecule has 0 saturated carbocycles. The van der Waals surface area contributed by atoms with E-state index in [0.717, 1.165) is 23.4 Å². The number of aryl methyl sites for hydroxylation is 1. The SMILES string of the molecule is CCc1nc(C(C)(C)C)ccc1CO. The van der Waals surface area contributed by atoms with E-state index < -0.39 is 0 Å². The van der Waals surface area contributed by atoms with E-state index in [1.165, 1.54) is 0 Å². The molecule has 0 spiro atoms. The summed E-state index contributed by atoms with van der Waals surface area (Å²) < 4.78 is 0. The number of aromatic nitrogens is 1. The largest absolute Gasteiger partial charge is 0.392 e. The first kappa shape index (κ1) is 11.2. The fraction of sp³-hybridized carbons (Fsp3) is 0.583. The minimum absolute atomic E-state index is 0.0813. The van der Waals surface area contributed by atoms with Gasteiger partial charge in [-0.15, -0.1) is 0 Å². The molecule has 1 heterocycles. The lowest BCUT2D eigenvalue weighted by molar-refractivity contribution is 0.280. The molecule has 0 aliphatic carbocycles. The van der Waals surface area contributed by atoms with Gasteiger partial charge < -0.3 is 5.11 Å². The molecule has 78 valence electrons. The van der Waals surface area contributed by atoms with Crippen LogP contribution in [-0.4, -0.2) is 10.1 Å². The first-order chi connectivity index (χ1) is 6.49. The second-order valence-electron chi connectivity index (χ2n) is 4.56. The van der Waals surface area contributed by atoms with E-state index in [4.69, 9.17) is 5.11 Å². The first-order valence-electron chi connectivity index (χ1n) is 5.09. The van der Waals surface area contributed by atoms with Gasteiger partial charge in [0, 0.05) is 16.8 Å². The zero-order valence-corrected chi connectivity index (χ0v) is 9.46. The van der Waals surface area contributed by atoms with Crippen molar-refractivity contribution in [2.24, 2.45) is 0 Å². The Morgan fingerprint density at radius 1 is 1.29 bits per heavy atom. The lowest BCUT2D eigenvalue weighted by Crippen LogP contribution is -2.15. The van der Waals surface area contributed by atoms with Crippen molar-refractivity contribution in [2.75, 3.05) is 0 Å². The Labute approximate surface area is 86.0 Å².